The number of benzene rings is 1. The Labute approximate surface area is 142 Å². The van der Waals surface area contributed by atoms with Gasteiger partial charge in [-0.25, -0.2) is 5.43 Å². The predicted molar refractivity (Wildman–Crippen MR) is 90.9 cm³/mol. The molecule has 3 rings (SSSR count). The summed E-state index contributed by atoms with van der Waals surface area (Å²) in [4.78, 5) is 28.4. The first-order valence-electron chi connectivity index (χ1n) is 8.44. The van der Waals surface area contributed by atoms with Crippen LogP contribution in [0.4, 0.5) is 0 Å². The van der Waals surface area contributed by atoms with Crippen molar-refractivity contribution in [3.8, 4) is 0 Å². The van der Waals surface area contributed by atoms with Gasteiger partial charge in [0.25, 0.3) is 0 Å². The molecule has 7 heteroatoms. The molecule has 2 aliphatic heterocycles. The average Bonchev–Trinajstić information content (AvgIpc) is 3.12. The van der Waals surface area contributed by atoms with E-state index in [1.54, 1.807) is 7.05 Å². The summed E-state index contributed by atoms with van der Waals surface area (Å²) in [5.41, 5.74) is 7.47. The summed E-state index contributed by atoms with van der Waals surface area (Å²) in [5.74, 6) is 0.0990. The molecule has 2 unspecified atom stereocenters. The number of nitrogens with zero attached hydrogens (tertiary/aromatic N) is 2. The number of hydrogen-bond donors (Lipinski definition) is 3. The minimum Gasteiger partial charge on any atom is -0.358 e. The monoisotopic (exact) mass is 331 g/mol. The number of carbonyl (C=O) groups excluding carboxylic acids is 2. The van der Waals surface area contributed by atoms with Crippen LogP contribution in [-0.4, -0.2) is 67.9 Å². The van der Waals surface area contributed by atoms with Gasteiger partial charge in [-0.3, -0.25) is 19.9 Å². The van der Waals surface area contributed by atoms with Crippen LogP contribution in [0.3, 0.4) is 0 Å². The third-order valence-corrected chi connectivity index (χ3v) is 4.79. The predicted octanol–water partition coefficient (Wildman–Crippen LogP) is -0.658. The fourth-order valence-electron chi connectivity index (χ4n) is 3.35. The molecule has 0 bridgehead atoms. The Bertz CT molecular complexity index is 572. The molecule has 2 fully saturated rings. The highest BCUT2D eigenvalue weighted by atomic mass is 16.2. The Morgan fingerprint density at radius 1 is 1.17 bits per heavy atom. The van der Waals surface area contributed by atoms with Crippen LogP contribution in [0.15, 0.2) is 30.3 Å². The van der Waals surface area contributed by atoms with Gasteiger partial charge in [0.1, 0.15) is 0 Å². The van der Waals surface area contributed by atoms with Crippen LogP contribution < -0.4 is 16.2 Å². The van der Waals surface area contributed by atoms with Crippen molar-refractivity contribution in [1.29, 1.82) is 0 Å². The number of likely N-dealkylation sites (N-methyl/N-ethyl adjacent to an activating group) is 1. The van der Waals surface area contributed by atoms with Gasteiger partial charge in [0.15, 0.2) is 0 Å². The molecule has 24 heavy (non-hydrogen) atoms. The molecule has 2 amide bonds. The zero-order valence-corrected chi connectivity index (χ0v) is 14.0. The van der Waals surface area contributed by atoms with E-state index in [1.807, 2.05) is 35.2 Å². The topological polar surface area (TPSA) is 76.7 Å². The van der Waals surface area contributed by atoms with Crippen LogP contribution in [0.2, 0.25) is 0 Å². The van der Waals surface area contributed by atoms with Gasteiger partial charge in [-0.1, -0.05) is 30.3 Å². The molecule has 0 aromatic heterocycles. The normalized spacial score (nSPS) is 24.8. The second kappa shape index (κ2) is 7.74. The molecule has 2 aliphatic rings. The van der Waals surface area contributed by atoms with Gasteiger partial charge in [-0.15, -0.1) is 0 Å². The molecule has 3 N–H and O–H groups in total. The van der Waals surface area contributed by atoms with Crippen molar-refractivity contribution in [3.05, 3.63) is 35.9 Å². The minimum atomic E-state index is -0.0992. The van der Waals surface area contributed by atoms with Crippen molar-refractivity contribution in [2.75, 3.05) is 46.3 Å². The van der Waals surface area contributed by atoms with Gasteiger partial charge in [0.05, 0.1) is 18.5 Å². The van der Waals surface area contributed by atoms with Crippen molar-refractivity contribution in [2.45, 2.75) is 6.04 Å². The van der Waals surface area contributed by atoms with Crippen LogP contribution in [0.25, 0.3) is 0 Å². The number of rotatable bonds is 4. The summed E-state index contributed by atoms with van der Waals surface area (Å²) in [5, 5.41) is 2.64. The third kappa shape index (κ3) is 3.75. The molecule has 130 valence electrons. The van der Waals surface area contributed by atoms with E-state index >= 15 is 0 Å². The zero-order chi connectivity index (χ0) is 16.9. The van der Waals surface area contributed by atoms with Crippen LogP contribution in [0, 0.1) is 5.92 Å². The van der Waals surface area contributed by atoms with E-state index in [2.05, 4.69) is 21.1 Å². The van der Waals surface area contributed by atoms with E-state index < -0.39 is 0 Å². The molecule has 1 aromatic carbocycles. The molecular formula is C17H25N5O2. The fraction of sp³-hybridized carbons (Fsp3) is 0.529. The number of carbonyl (C=O) groups is 2. The first kappa shape index (κ1) is 16.9. The van der Waals surface area contributed by atoms with Gasteiger partial charge >= 0.3 is 0 Å². The second-order valence-corrected chi connectivity index (χ2v) is 6.29. The molecule has 7 nitrogen and oxygen atoms in total. The molecule has 0 spiro atoms. The molecule has 2 heterocycles. The lowest BCUT2D eigenvalue weighted by molar-refractivity contribution is -0.137. The molecule has 2 atom stereocenters. The zero-order valence-electron chi connectivity index (χ0n) is 14.0. The van der Waals surface area contributed by atoms with E-state index in [0.29, 0.717) is 26.2 Å². The van der Waals surface area contributed by atoms with Gasteiger partial charge < -0.3 is 10.2 Å². The Morgan fingerprint density at radius 3 is 2.54 bits per heavy atom. The molecule has 2 saturated heterocycles. The highest BCUT2D eigenvalue weighted by molar-refractivity contribution is 5.81. The van der Waals surface area contributed by atoms with Gasteiger partial charge in [0.2, 0.25) is 11.8 Å². The Hall–Kier alpha value is -1.96. The van der Waals surface area contributed by atoms with Gasteiger partial charge in [-0.05, 0) is 5.56 Å². The standard InChI is InChI=1S/C17H25N5O2/c1-18-15(23)12-21-7-9-22(10-8-21)17(24)14-11-19-20-16(14)13-5-3-2-4-6-13/h2-6,14,16,19-20H,7-12H2,1H3,(H,18,23). The van der Waals surface area contributed by atoms with Crippen molar-refractivity contribution >= 4 is 11.8 Å². The number of nitrogens with one attached hydrogen (secondary N) is 3. The summed E-state index contributed by atoms with van der Waals surface area (Å²) in [7, 11) is 1.64. The van der Waals surface area contributed by atoms with E-state index in [4.69, 9.17) is 0 Å². The van der Waals surface area contributed by atoms with Crippen LogP contribution in [-0.2, 0) is 9.59 Å². The highest BCUT2D eigenvalue weighted by Crippen LogP contribution is 2.26. The SMILES string of the molecule is CNC(=O)CN1CCN(C(=O)C2CNNC2c2ccccc2)CC1. The summed E-state index contributed by atoms with van der Waals surface area (Å²) in [6.45, 7) is 3.86. The molecule has 0 aliphatic carbocycles. The summed E-state index contributed by atoms with van der Waals surface area (Å²) >= 11 is 0. The van der Waals surface area contributed by atoms with Gasteiger partial charge in [-0.2, -0.15) is 0 Å². The smallest absolute Gasteiger partial charge is 0.233 e. The minimum absolute atomic E-state index is 0.00241. The maximum absolute atomic E-state index is 12.9. The molecular weight excluding hydrogens is 306 g/mol. The lowest BCUT2D eigenvalue weighted by atomic mass is 9.93. The number of hydrogen-bond acceptors (Lipinski definition) is 5. The number of amides is 2. The largest absolute Gasteiger partial charge is 0.358 e. The lowest BCUT2D eigenvalue weighted by Gasteiger charge is -2.36. The van der Waals surface area contributed by atoms with Crippen LogP contribution in [0.1, 0.15) is 11.6 Å². The maximum Gasteiger partial charge on any atom is 0.233 e. The third-order valence-electron chi connectivity index (χ3n) is 4.79. The first-order chi connectivity index (χ1) is 11.7. The quantitative estimate of drug-likeness (QED) is 0.683. The first-order valence-corrected chi connectivity index (χ1v) is 8.44. The average molecular weight is 331 g/mol. The maximum atomic E-state index is 12.9. The number of piperazine rings is 1. The Balaban J connectivity index is 1.58. The van der Waals surface area contributed by atoms with Crippen LogP contribution in [0.5, 0.6) is 0 Å². The summed E-state index contributed by atoms with van der Waals surface area (Å²) in [6.07, 6.45) is 0. The van der Waals surface area contributed by atoms with Crippen molar-refractivity contribution in [1.82, 2.24) is 26.0 Å². The second-order valence-electron chi connectivity index (χ2n) is 6.29. The number of hydrazine groups is 1. The van der Waals surface area contributed by atoms with Gasteiger partial charge in [0, 0.05) is 39.8 Å². The van der Waals surface area contributed by atoms with Crippen LogP contribution >= 0.6 is 0 Å². The summed E-state index contributed by atoms with van der Waals surface area (Å²) < 4.78 is 0. The lowest BCUT2D eigenvalue weighted by Crippen LogP contribution is -2.52. The van der Waals surface area contributed by atoms with E-state index in [1.165, 1.54) is 0 Å². The molecule has 1 aromatic rings. The Kier molecular flexibility index (Phi) is 5.44. The molecule has 0 saturated carbocycles. The highest BCUT2D eigenvalue weighted by Gasteiger charge is 2.37. The summed E-state index contributed by atoms with van der Waals surface area (Å²) in [6, 6.07) is 10.1. The van der Waals surface area contributed by atoms with E-state index in [9.17, 15) is 9.59 Å². The van der Waals surface area contributed by atoms with Crippen molar-refractivity contribution < 1.29 is 9.59 Å². The Morgan fingerprint density at radius 2 is 1.88 bits per heavy atom. The van der Waals surface area contributed by atoms with E-state index in [-0.39, 0.29) is 23.8 Å². The van der Waals surface area contributed by atoms with E-state index in [0.717, 1.165) is 18.7 Å². The van der Waals surface area contributed by atoms with Crippen molar-refractivity contribution in [2.24, 2.45) is 5.92 Å². The molecule has 0 radical (unpaired) electrons. The fourth-order valence-corrected chi connectivity index (χ4v) is 3.35. The van der Waals surface area contributed by atoms with Crippen molar-refractivity contribution in [3.63, 3.8) is 0 Å².